The molecule has 0 fully saturated rings. The van der Waals surface area contributed by atoms with Crippen LogP contribution in [0.2, 0.25) is 0 Å². The largest absolute Gasteiger partial charge is 0.501 e. The Balaban J connectivity index is 2.02. The average molecular weight is 245 g/mol. The Morgan fingerprint density at radius 3 is 2.78 bits per heavy atom. The average Bonchev–Trinajstić information content (AvgIpc) is 2.45. The fourth-order valence-electron chi connectivity index (χ4n) is 2.34. The zero-order chi connectivity index (χ0) is 12.6. The van der Waals surface area contributed by atoms with E-state index in [4.69, 9.17) is 4.74 Å². The maximum atomic E-state index is 5.48. The van der Waals surface area contributed by atoms with Gasteiger partial charge in [0.1, 0.15) is 0 Å². The molecule has 0 saturated heterocycles. The van der Waals surface area contributed by atoms with Crippen molar-refractivity contribution in [3.63, 3.8) is 0 Å². The van der Waals surface area contributed by atoms with E-state index in [0.29, 0.717) is 6.04 Å². The molecule has 18 heavy (non-hydrogen) atoms. The summed E-state index contributed by atoms with van der Waals surface area (Å²) in [5.74, 6) is 0. The van der Waals surface area contributed by atoms with Crippen molar-refractivity contribution >= 4 is 0 Å². The molecule has 0 amide bonds. The number of nitrogens with one attached hydrogen (secondary N) is 1. The van der Waals surface area contributed by atoms with Crippen molar-refractivity contribution in [3.8, 4) is 0 Å². The van der Waals surface area contributed by atoms with Crippen molar-refractivity contribution in [2.75, 3.05) is 13.2 Å². The molecule has 1 aliphatic heterocycles. The summed E-state index contributed by atoms with van der Waals surface area (Å²) in [6.07, 6.45) is 6.49. The topological polar surface area (TPSA) is 21.3 Å². The molecule has 2 heteroatoms. The van der Waals surface area contributed by atoms with Crippen LogP contribution >= 0.6 is 0 Å². The monoisotopic (exact) mass is 245 g/mol. The highest BCUT2D eigenvalue weighted by Crippen LogP contribution is 2.19. The minimum atomic E-state index is 0.424. The third-order valence-corrected chi connectivity index (χ3v) is 3.33. The molecule has 1 N–H and O–H groups in total. The first-order chi connectivity index (χ1) is 8.90. The fourth-order valence-corrected chi connectivity index (χ4v) is 2.34. The molecule has 0 aromatic heterocycles. The highest BCUT2D eigenvalue weighted by atomic mass is 16.5. The molecule has 98 valence electrons. The zero-order valence-corrected chi connectivity index (χ0v) is 11.2. The molecule has 1 atom stereocenters. The molecule has 2 rings (SSSR count). The molecule has 1 aromatic carbocycles. The molecule has 0 saturated carbocycles. The van der Waals surface area contributed by atoms with Gasteiger partial charge in [0.2, 0.25) is 0 Å². The number of benzene rings is 1. The van der Waals surface area contributed by atoms with E-state index in [2.05, 4.69) is 42.6 Å². The maximum Gasteiger partial charge on any atom is 0.0876 e. The third-order valence-electron chi connectivity index (χ3n) is 3.33. The Morgan fingerprint density at radius 1 is 1.28 bits per heavy atom. The van der Waals surface area contributed by atoms with Crippen LogP contribution < -0.4 is 5.32 Å². The van der Waals surface area contributed by atoms with Gasteiger partial charge in [-0.05, 0) is 43.4 Å². The second kappa shape index (κ2) is 7.22. The van der Waals surface area contributed by atoms with Crippen LogP contribution in [0.5, 0.6) is 0 Å². The van der Waals surface area contributed by atoms with Crippen LogP contribution in [0.15, 0.2) is 42.2 Å². The zero-order valence-electron chi connectivity index (χ0n) is 11.2. The summed E-state index contributed by atoms with van der Waals surface area (Å²) in [7, 11) is 0. The Hall–Kier alpha value is -1.28. The summed E-state index contributed by atoms with van der Waals surface area (Å²) < 4.78 is 5.48. The van der Waals surface area contributed by atoms with E-state index < -0.39 is 0 Å². The Labute approximate surface area is 110 Å². The second-order valence-electron chi connectivity index (χ2n) is 4.86. The maximum absolute atomic E-state index is 5.48. The predicted octanol–water partition coefficient (Wildman–Crippen LogP) is 3.29. The van der Waals surface area contributed by atoms with Gasteiger partial charge < -0.3 is 10.1 Å². The van der Waals surface area contributed by atoms with Crippen molar-refractivity contribution in [1.29, 1.82) is 0 Å². The summed E-state index contributed by atoms with van der Waals surface area (Å²) >= 11 is 0. The van der Waals surface area contributed by atoms with Gasteiger partial charge in [0, 0.05) is 6.04 Å². The molecule has 0 radical (unpaired) electrons. The summed E-state index contributed by atoms with van der Waals surface area (Å²) in [5, 5.41) is 3.64. The fraction of sp³-hybridized carbons (Fsp3) is 0.500. The number of hydrogen-bond acceptors (Lipinski definition) is 2. The lowest BCUT2D eigenvalue weighted by molar-refractivity contribution is 0.219. The molecule has 1 aromatic rings. The van der Waals surface area contributed by atoms with Crippen LogP contribution in [0.25, 0.3) is 0 Å². The van der Waals surface area contributed by atoms with Crippen LogP contribution in [0.3, 0.4) is 0 Å². The smallest absolute Gasteiger partial charge is 0.0876 e. The van der Waals surface area contributed by atoms with Gasteiger partial charge in [-0.2, -0.15) is 0 Å². The van der Waals surface area contributed by atoms with E-state index in [-0.39, 0.29) is 0 Å². The standard InChI is InChI=1S/C16H23NO/c1-2-10-17-16(15-9-6-11-18-13-15)12-14-7-4-3-5-8-14/h3-5,7-8,13,16-17H,2,6,9-12H2,1H3. The Kier molecular flexibility index (Phi) is 5.28. The summed E-state index contributed by atoms with van der Waals surface area (Å²) in [4.78, 5) is 0. The molecule has 2 nitrogen and oxygen atoms in total. The summed E-state index contributed by atoms with van der Waals surface area (Å²) in [5.41, 5.74) is 2.80. The second-order valence-corrected chi connectivity index (χ2v) is 4.86. The minimum absolute atomic E-state index is 0.424. The summed E-state index contributed by atoms with van der Waals surface area (Å²) in [6, 6.07) is 11.1. The summed E-state index contributed by atoms with van der Waals surface area (Å²) in [6.45, 7) is 4.14. The normalized spacial score (nSPS) is 16.8. The van der Waals surface area contributed by atoms with Crippen molar-refractivity contribution < 1.29 is 4.74 Å². The number of ether oxygens (including phenoxy) is 1. The van der Waals surface area contributed by atoms with Gasteiger partial charge in [-0.1, -0.05) is 37.3 Å². The molecule has 1 unspecified atom stereocenters. The quantitative estimate of drug-likeness (QED) is 0.830. The van der Waals surface area contributed by atoms with Crippen LogP contribution in [0, 0.1) is 0 Å². The molecule has 0 spiro atoms. The van der Waals surface area contributed by atoms with Crippen molar-refractivity contribution in [3.05, 3.63) is 47.7 Å². The van der Waals surface area contributed by atoms with Crippen LogP contribution in [0.4, 0.5) is 0 Å². The lowest BCUT2D eigenvalue weighted by atomic mass is 9.95. The molecular formula is C16H23NO. The lowest BCUT2D eigenvalue weighted by Crippen LogP contribution is -2.34. The molecule has 1 aliphatic rings. The van der Waals surface area contributed by atoms with Gasteiger partial charge in [0.15, 0.2) is 0 Å². The SMILES string of the molecule is CCCNC(Cc1ccccc1)C1=COCCC1. The first-order valence-corrected chi connectivity index (χ1v) is 6.98. The van der Waals surface area contributed by atoms with Crippen molar-refractivity contribution in [2.24, 2.45) is 0 Å². The highest BCUT2D eigenvalue weighted by Gasteiger charge is 2.16. The van der Waals surface area contributed by atoms with Crippen LogP contribution in [0.1, 0.15) is 31.7 Å². The predicted molar refractivity (Wildman–Crippen MR) is 75.5 cm³/mol. The van der Waals surface area contributed by atoms with E-state index in [0.717, 1.165) is 32.4 Å². The van der Waals surface area contributed by atoms with Gasteiger partial charge in [0.05, 0.1) is 12.9 Å². The van der Waals surface area contributed by atoms with Gasteiger partial charge in [-0.15, -0.1) is 0 Å². The van der Waals surface area contributed by atoms with E-state index in [1.807, 2.05) is 6.26 Å². The lowest BCUT2D eigenvalue weighted by Gasteiger charge is -2.24. The van der Waals surface area contributed by atoms with Crippen LogP contribution in [-0.4, -0.2) is 19.2 Å². The number of hydrogen-bond donors (Lipinski definition) is 1. The van der Waals surface area contributed by atoms with Gasteiger partial charge in [-0.3, -0.25) is 0 Å². The number of rotatable bonds is 6. The van der Waals surface area contributed by atoms with Gasteiger partial charge >= 0.3 is 0 Å². The van der Waals surface area contributed by atoms with E-state index >= 15 is 0 Å². The first kappa shape index (κ1) is 13.2. The van der Waals surface area contributed by atoms with E-state index in [1.165, 1.54) is 17.6 Å². The minimum Gasteiger partial charge on any atom is -0.501 e. The molecule has 1 heterocycles. The molecular weight excluding hydrogens is 222 g/mol. The van der Waals surface area contributed by atoms with E-state index in [1.54, 1.807) is 0 Å². The van der Waals surface area contributed by atoms with Gasteiger partial charge in [0.25, 0.3) is 0 Å². The molecule has 0 bridgehead atoms. The van der Waals surface area contributed by atoms with Crippen LogP contribution in [-0.2, 0) is 11.2 Å². The first-order valence-electron chi connectivity index (χ1n) is 6.98. The van der Waals surface area contributed by atoms with Gasteiger partial charge in [-0.25, -0.2) is 0 Å². The van der Waals surface area contributed by atoms with E-state index in [9.17, 15) is 0 Å². The molecule has 0 aliphatic carbocycles. The third kappa shape index (κ3) is 3.88. The van der Waals surface area contributed by atoms with Crippen molar-refractivity contribution in [2.45, 2.75) is 38.6 Å². The Bertz CT molecular complexity index is 372. The highest BCUT2D eigenvalue weighted by molar-refractivity contribution is 5.21. The van der Waals surface area contributed by atoms with Crippen molar-refractivity contribution in [1.82, 2.24) is 5.32 Å². The Morgan fingerprint density at radius 2 is 2.11 bits per heavy atom.